The topological polar surface area (TPSA) is 49.8 Å². The molecule has 25 heavy (non-hydrogen) atoms. The monoisotopic (exact) mass is 335 g/mol. The number of rotatable bonds is 6. The third-order valence-corrected chi connectivity index (χ3v) is 3.53. The van der Waals surface area contributed by atoms with Crippen LogP contribution in [0.2, 0.25) is 0 Å². The molecule has 0 aliphatic rings. The van der Waals surface area contributed by atoms with Crippen molar-refractivity contribution in [2.45, 2.75) is 0 Å². The molecule has 0 aliphatic carbocycles. The van der Waals surface area contributed by atoms with Crippen molar-refractivity contribution >= 4 is 11.5 Å². The highest BCUT2D eigenvalue weighted by atomic mass is 16.5. The van der Waals surface area contributed by atoms with Gasteiger partial charge >= 0.3 is 5.97 Å². The maximum absolute atomic E-state index is 10.8. The van der Waals surface area contributed by atoms with Crippen LogP contribution >= 0.6 is 0 Å². The summed E-state index contributed by atoms with van der Waals surface area (Å²) in [4.78, 5) is 12.5. The number of carboxylic acid groups (broad SMARTS) is 1. The number of allylic oxidation sites excluding steroid dienone is 1. The lowest BCUT2D eigenvalue weighted by molar-refractivity contribution is -0.137. The van der Waals surface area contributed by atoms with Gasteiger partial charge in [-0.1, -0.05) is 48.2 Å². The summed E-state index contributed by atoms with van der Waals surface area (Å²) in [6.45, 7) is 0.498. The summed E-state index contributed by atoms with van der Waals surface area (Å²) in [5.74, 6) is 6.29. The molecule has 0 fully saturated rings. The van der Waals surface area contributed by atoms with Crippen LogP contribution in [-0.2, 0) is 4.79 Å². The van der Waals surface area contributed by atoms with E-state index in [9.17, 15) is 4.79 Å². The van der Waals surface area contributed by atoms with E-state index < -0.39 is 5.97 Å². The number of methoxy groups -OCH3 is 1. The second-order valence-electron chi connectivity index (χ2n) is 5.55. The van der Waals surface area contributed by atoms with Crippen molar-refractivity contribution in [1.82, 2.24) is 4.90 Å². The number of carboxylic acids is 1. The maximum atomic E-state index is 10.8. The van der Waals surface area contributed by atoms with Gasteiger partial charge in [0.2, 0.25) is 0 Å². The van der Waals surface area contributed by atoms with Crippen molar-refractivity contribution in [1.29, 1.82) is 0 Å². The van der Waals surface area contributed by atoms with Gasteiger partial charge in [0.25, 0.3) is 0 Å². The van der Waals surface area contributed by atoms with Crippen LogP contribution < -0.4 is 4.74 Å². The van der Waals surface area contributed by atoms with E-state index in [0.717, 1.165) is 22.4 Å². The zero-order valence-electron chi connectivity index (χ0n) is 14.4. The minimum Gasteiger partial charge on any atom is -0.497 e. The molecule has 0 saturated carbocycles. The Balaban J connectivity index is 2.23. The van der Waals surface area contributed by atoms with Crippen molar-refractivity contribution in [2.24, 2.45) is 0 Å². The fraction of sp³-hybridized carbons (Fsp3) is 0.190. The number of carbonyl (C=O) groups is 1. The largest absolute Gasteiger partial charge is 0.497 e. The lowest BCUT2D eigenvalue weighted by Gasteiger charge is -2.11. The molecule has 0 radical (unpaired) electrons. The van der Waals surface area contributed by atoms with Crippen molar-refractivity contribution in [3.05, 3.63) is 71.8 Å². The van der Waals surface area contributed by atoms with E-state index in [0.29, 0.717) is 6.54 Å². The zero-order valence-corrected chi connectivity index (χ0v) is 14.4. The van der Waals surface area contributed by atoms with Crippen molar-refractivity contribution in [3.63, 3.8) is 0 Å². The summed E-state index contributed by atoms with van der Waals surface area (Å²) < 4.78 is 5.15. The highest BCUT2D eigenvalue weighted by Crippen LogP contribution is 2.14. The third-order valence-electron chi connectivity index (χ3n) is 3.53. The predicted molar refractivity (Wildman–Crippen MR) is 99.4 cm³/mol. The molecule has 2 rings (SSSR count). The van der Waals surface area contributed by atoms with Crippen LogP contribution in [0.25, 0.3) is 5.57 Å². The van der Waals surface area contributed by atoms with Gasteiger partial charge in [0, 0.05) is 17.7 Å². The Bertz CT molecular complexity index is 783. The number of aliphatic carboxylic acids is 1. The molecule has 4 heteroatoms. The minimum absolute atomic E-state index is 0.00945. The van der Waals surface area contributed by atoms with E-state index in [1.54, 1.807) is 19.1 Å². The molecule has 0 aliphatic heterocycles. The Morgan fingerprint density at radius 3 is 2.44 bits per heavy atom. The molecule has 4 nitrogen and oxygen atoms in total. The molecule has 0 bridgehead atoms. The summed E-state index contributed by atoms with van der Waals surface area (Å²) >= 11 is 0. The maximum Gasteiger partial charge on any atom is 0.317 e. The van der Waals surface area contributed by atoms with Gasteiger partial charge in [-0.05, 0) is 36.9 Å². The molecule has 0 atom stereocenters. The van der Waals surface area contributed by atoms with E-state index in [2.05, 4.69) is 11.8 Å². The first-order valence-electron chi connectivity index (χ1n) is 7.90. The van der Waals surface area contributed by atoms with Gasteiger partial charge in [-0.3, -0.25) is 9.69 Å². The highest BCUT2D eigenvalue weighted by Gasteiger charge is 2.04. The average Bonchev–Trinajstić information content (AvgIpc) is 2.62. The smallest absolute Gasteiger partial charge is 0.317 e. The molecule has 1 N–H and O–H groups in total. The molecule has 0 heterocycles. The Morgan fingerprint density at radius 2 is 1.84 bits per heavy atom. The van der Waals surface area contributed by atoms with Crippen molar-refractivity contribution in [3.8, 4) is 17.6 Å². The van der Waals surface area contributed by atoms with E-state index >= 15 is 0 Å². The highest BCUT2D eigenvalue weighted by molar-refractivity contribution is 5.79. The number of hydrogen-bond donors (Lipinski definition) is 1. The summed E-state index contributed by atoms with van der Waals surface area (Å²) in [6, 6.07) is 17.4. The third kappa shape index (κ3) is 6.17. The first-order valence-corrected chi connectivity index (χ1v) is 7.90. The second-order valence-corrected chi connectivity index (χ2v) is 5.55. The standard InChI is InChI=1S/C21H21NO3/c1-22(16-21(23)24)15-14-19(18-6-4-3-5-7-18)11-8-17-9-12-20(25-2)13-10-17/h3-7,9-10,12-14H,15-16H2,1-2H3,(H,23,24)/b19-14-. The summed E-state index contributed by atoms with van der Waals surface area (Å²) in [5, 5.41) is 8.86. The number of hydrogen-bond acceptors (Lipinski definition) is 3. The summed E-state index contributed by atoms with van der Waals surface area (Å²) in [7, 11) is 3.40. The molecular weight excluding hydrogens is 314 g/mol. The molecule has 0 aromatic heterocycles. The molecule has 2 aromatic rings. The van der Waals surface area contributed by atoms with Gasteiger partial charge < -0.3 is 9.84 Å². The molecule has 0 amide bonds. The van der Waals surface area contributed by atoms with E-state index in [-0.39, 0.29) is 6.54 Å². The fourth-order valence-electron chi connectivity index (χ4n) is 2.22. The molecule has 0 saturated heterocycles. The number of ether oxygens (including phenoxy) is 1. The Hall–Kier alpha value is -3.03. The normalized spacial score (nSPS) is 10.9. The number of likely N-dealkylation sites (N-methyl/N-ethyl adjacent to an activating group) is 1. The van der Waals surface area contributed by atoms with Gasteiger partial charge in [0.1, 0.15) is 5.75 Å². The Labute approximate surface area is 148 Å². The van der Waals surface area contributed by atoms with Gasteiger partial charge in [-0.25, -0.2) is 0 Å². The van der Waals surface area contributed by atoms with Crippen LogP contribution in [-0.4, -0.2) is 43.2 Å². The number of benzene rings is 2. The van der Waals surface area contributed by atoms with Crippen LogP contribution in [0.15, 0.2) is 60.7 Å². The van der Waals surface area contributed by atoms with Crippen LogP contribution in [0.4, 0.5) is 0 Å². The molecule has 0 spiro atoms. The minimum atomic E-state index is -0.846. The van der Waals surface area contributed by atoms with Crippen LogP contribution in [0.3, 0.4) is 0 Å². The van der Waals surface area contributed by atoms with E-state index in [4.69, 9.17) is 9.84 Å². The summed E-state index contributed by atoms with van der Waals surface area (Å²) in [6.07, 6.45) is 1.95. The van der Waals surface area contributed by atoms with Crippen molar-refractivity contribution in [2.75, 3.05) is 27.2 Å². The quantitative estimate of drug-likeness (QED) is 0.824. The lowest BCUT2D eigenvalue weighted by atomic mass is 10.1. The predicted octanol–water partition coefficient (Wildman–Crippen LogP) is 3.15. The molecule has 0 unspecified atom stereocenters. The molecule has 128 valence electrons. The first-order chi connectivity index (χ1) is 12.1. The molecule has 2 aromatic carbocycles. The average molecular weight is 335 g/mol. The first kappa shape index (κ1) is 18.3. The van der Waals surface area contributed by atoms with Crippen LogP contribution in [0.5, 0.6) is 5.75 Å². The van der Waals surface area contributed by atoms with Crippen molar-refractivity contribution < 1.29 is 14.6 Å². The SMILES string of the molecule is COc1ccc(C#C/C(=C/CN(C)CC(=O)O)c2ccccc2)cc1. The Morgan fingerprint density at radius 1 is 1.16 bits per heavy atom. The summed E-state index contributed by atoms with van der Waals surface area (Å²) in [5.41, 5.74) is 2.77. The van der Waals surface area contributed by atoms with Gasteiger partial charge in [0.15, 0.2) is 0 Å². The molecular formula is C21H21NO3. The fourth-order valence-corrected chi connectivity index (χ4v) is 2.22. The number of nitrogens with zero attached hydrogens (tertiary/aromatic N) is 1. The van der Waals surface area contributed by atoms with Crippen LogP contribution in [0.1, 0.15) is 11.1 Å². The van der Waals surface area contributed by atoms with Gasteiger partial charge in [-0.2, -0.15) is 0 Å². The van der Waals surface area contributed by atoms with Crippen LogP contribution in [0, 0.1) is 11.8 Å². The van der Waals surface area contributed by atoms with Gasteiger partial charge in [0.05, 0.1) is 13.7 Å². The Kier molecular flexibility index (Phi) is 6.82. The van der Waals surface area contributed by atoms with Gasteiger partial charge in [-0.15, -0.1) is 0 Å². The lowest BCUT2D eigenvalue weighted by Crippen LogP contribution is -2.25. The van der Waals surface area contributed by atoms with E-state index in [1.165, 1.54) is 0 Å². The second kappa shape index (κ2) is 9.31. The van der Waals surface area contributed by atoms with E-state index in [1.807, 2.05) is 60.7 Å². The zero-order chi connectivity index (χ0) is 18.1.